The van der Waals surface area contributed by atoms with Gasteiger partial charge in [0.2, 0.25) is 15.9 Å². The molecular formula is C20H21N3O5S. The van der Waals surface area contributed by atoms with Crippen LogP contribution in [0.3, 0.4) is 0 Å². The third-order valence-corrected chi connectivity index (χ3v) is 5.66. The molecule has 2 aromatic carbocycles. The van der Waals surface area contributed by atoms with Crippen molar-refractivity contribution in [2.24, 2.45) is 5.14 Å². The van der Waals surface area contributed by atoms with Crippen molar-refractivity contribution in [2.45, 2.75) is 31.2 Å². The number of nitrogens with two attached hydrogens (primary N) is 1. The number of aryl methyl sites for hydroxylation is 1. The summed E-state index contributed by atoms with van der Waals surface area (Å²) in [6.45, 7) is 3.49. The minimum atomic E-state index is -3.84. The van der Waals surface area contributed by atoms with Crippen LogP contribution in [0.1, 0.15) is 51.2 Å². The number of rotatable bonds is 6. The molecule has 1 atom stereocenters. The highest BCUT2D eigenvalue weighted by atomic mass is 32.2. The topological polar surface area (TPSA) is 127 Å². The van der Waals surface area contributed by atoms with E-state index in [1.807, 2.05) is 6.92 Å². The van der Waals surface area contributed by atoms with Crippen molar-refractivity contribution in [3.05, 3.63) is 64.7 Å². The molecule has 0 saturated carbocycles. The maximum atomic E-state index is 12.5. The lowest BCUT2D eigenvalue weighted by atomic mass is 10.1. The summed E-state index contributed by atoms with van der Waals surface area (Å²) in [5.41, 5.74) is 2.14. The second kappa shape index (κ2) is 7.76. The highest BCUT2D eigenvalue weighted by Gasteiger charge is 2.35. The van der Waals surface area contributed by atoms with E-state index in [0.29, 0.717) is 16.7 Å². The number of hydrogen-bond acceptors (Lipinski definition) is 5. The Morgan fingerprint density at radius 1 is 1.10 bits per heavy atom. The average molecular weight is 415 g/mol. The lowest BCUT2D eigenvalue weighted by Gasteiger charge is -2.17. The van der Waals surface area contributed by atoms with Crippen LogP contribution in [0, 0.1) is 6.92 Å². The Morgan fingerprint density at radius 3 is 2.48 bits per heavy atom. The SMILES string of the molecule is Cc1ccc2c(c1)C(=O)N(CCC(=O)NC(C)c1cccc(S(N)(=O)=O)c1)C2=O. The molecule has 0 radical (unpaired) electrons. The molecule has 0 fully saturated rings. The van der Waals surface area contributed by atoms with Crippen LogP contribution in [-0.4, -0.2) is 37.6 Å². The molecule has 0 aromatic heterocycles. The van der Waals surface area contributed by atoms with Crippen molar-refractivity contribution in [2.75, 3.05) is 6.54 Å². The first-order valence-electron chi connectivity index (χ1n) is 8.97. The molecular weight excluding hydrogens is 394 g/mol. The summed E-state index contributed by atoms with van der Waals surface area (Å²) in [5.74, 6) is -1.19. The summed E-state index contributed by atoms with van der Waals surface area (Å²) < 4.78 is 23.0. The maximum absolute atomic E-state index is 12.5. The number of sulfonamides is 1. The number of imide groups is 1. The van der Waals surface area contributed by atoms with Crippen LogP contribution in [0.15, 0.2) is 47.4 Å². The van der Waals surface area contributed by atoms with E-state index in [4.69, 9.17) is 5.14 Å². The van der Waals surface area contributed by atoms with Crippen LogP contribution in [0.5, 0.6) is 0 Å². The first-order valence-corrected chi connectivity index (χ1v) is 10.5. The number of amides is 3. The van der Waals surface area contributed by atoms with Crippen LogP contribution in [0.4, 0.5) is 0 Å². The zero-order valence-electron chi connectivity index (χ0n) is 16.0. The van der Waals surface area contributed by atoms with Gasteiger partial charge in [-0.15, -0.1) is 0 Å². The molecule has 1 aliphatic heterocycles. The van der Waals surface area contributed by atoms with E-state index in [9.17, 15) is 22.8 Å². The molecule has 1 aliphatic rings. The molecule has 29 heavy (non-hydrogen) atoms. The van der Waals surface area contributed by atoms with Gasteiger partial charge in [0.1, 0.15) is 0 Å². The molecule has 1 unspecified atom stereocenters. The number of hydrogen-bond donors (Lipinski definition) is 2. The number of primary sulfonamides is 1. The van der Waals surface area contributed by atoms with E-state index in [-0.39, 0.29) is 23.8 Å². The third-order valence-electron chi connectivity index (χ3n) is 4.75. The maximum Gasteiger partial charge on any atom is 0.261 e. The van der Waals surface area contributed by atoms with Gasteiger partial charge in [-0.05, 0) is 43.7 Å². The van der Waals surface area contributed by atoms with Crippen LogP contribution in [-0.2, 0) is 14.8 Å². The summed E-state index contributed by atoms with van der Waals surface area (Å²) in [6.07, 6.45) is -0.0658. The second-order valence-electron chi connectivity index (χ2n) is 6.97. The van der Waals surface area contributed by atoms with Gasteiger partial charge >= 0.3 is 0 Å². The third kappa shape index (κ3) is 4.36. The Hall–Kier alpha value is -3.04. The molecule has 3 N–H and O–H groups in total. The van der Waals surface area contributed by atoms with E-state index in [0.717, 1.165) is 10.5 Å². The molecule has 152 valence electrons. The molecule has 0 spiro atoms. The summed E-state index contributed by atoms with van der Waals surface area (Å²) in [6, 6.07) is 10.5. The highest BCUT2D eigenvalue weighted by Crippen LogP contribution is 2.24. The predicted octanol–water partition coefficient (Wildman–Crippen LogP) is 1.51. The molecule has 0 saturated heterocycles. The Bertz CT molecular complexity index is 1110. The largest absolute Gasteiger partial charge is 0.350 e. The average Bonchev–Trinajstić information content (AvgIpc) is 2.89. The van der Waals surface area contributed by atoms with Gasteiger partial charge in [0.25, 0.3) is 11.8 Å². The van der Waals surface area contributed by atoms with Gasteiger partial charge in [-0.3, -0.25) is 19.3 Å². The van der Waals surface area contributed by atoms with Gasteiger partial charge in [0, 0.05) is 13.0 Å². The minimum absolute atomic E-state index is 0.0405. The molecule has 2 aromatic rings. The van der Waals surface area contributed by atoms with Crippen molar-refractivity contribution in [1.29, 1.82) is 0 Å². The molecule has 8 nitrogen and oxygen atoms in total. The van der Waals surface area contributed by atoms with Gasteiger partial charge in [-0.2, -0.15) is 0 Å². The first kappa shape index (κ1) is 20.7. The number of carbonyl (C=O) groups is 3. The highest BCUT2D eigenvalue weighted by molar-refractivity contribution is 7.89. The van der Waals surface area contributed by atoms with Crippen molar-refractivity contribution >= 4 is 27.7 Å². The van der Waals surface area contributed by atoms with Crippen molar-refractivity contribution in [3.63, 3.8) is 0 Å². The molecule has 9 heteroatoms. The van der Waals surface area contributed by atoms with E-state index in [1.54, 1.807) is 37.3 Å². The summed E-state index contributed by atoms with van der Waals surface area (Å²) in [7, 11) is -3.84. The second-order valence-corrected chi connectivity index (χ2v) is 8.53. The lowest BCUT2D eigenvalue weighted by molar-refractivity contribution is -0.121. The van der Waals surface area contributed by atoms with E-state index in [1.165, 1.54) is 12.1 Å². The van der Waals surface area contributed by atoms with Gasteiger partial charge in [-0.1, -0.05) is 23.8 Å². The predicted molar refractivity (Wildman–Crippen MR) is 106 cm³/mol. The van der Waals surface area contributed by atoms with Gasteiger partial charge in [-0.25, -0.2) is 13.6 Å². The van der Waals surface area contributed by atoms with Crippen molar-refractivity contribution in [3.8, 4) is 0 Å². The monoisotopic (exact) mass is 415 g/mol. The molecule has 3 rings (SSSR count). The van der Waals surface area contributed by atoms with Crippen LogP contribution < -0.4 is 10.5 Å². The van der Waals surface area contributed by atoms with E-state index in [2.05, 4.69) is 5.32 Å². The normalized spacial score (nSPS) is 14.7. The van der Waals surface area contributed by atoms with E-state index >= 15 is 0 Å². The van der Waals surface area contributed by atoms with Gasteiger partial charge < -0.3 is 5.32 Å². The fourth-order valence-electron chi connectivity index (χ4n) is 3.18. The van der Waals surface area contributed by atoms with Crippen molar-refractivity contribution < 1.29 is 22.8 Å². The fraction of sp³-hybridized carbons (Fsp3) is 0.250. The first-order chi connectivity index (χ1) is 13.6. The number of fused-ring (bicyclic) bond motifs is 1. The summed E-state index contributed by atoms with van der Waals surface area (Å²) in [4.78, 5) is 38.2. The number of benzene rings is 2. The Morgan fingerprint density at radius 2 is 1.79 bits per heavy atom. The Kier molecular flexibility index (Phi) is 5.54. The Balaban J connectivity index is 1.62. The van der Waals surface area contributed by atoms with Crippen LogP contribution in [0.2, 0.25) is 0 Å². The van der Waals surface area contributed by atoms with Gasteiger partial charge in [0.15, 0.2) is 0 Å². The number of carbonyl (C=O) groups excluding carboxylic acids is 3. The van der Waals surface area contributed by atoms with Crippen molar-refractivity contribution in [1.82, 2.24) is 10.2 Å². The zero-order valence-corrected chi connectivity index (χ0v) is 16.8. The fourth-order valence-corrected chi connectivity index (χ4v) is 3.75. The summed E-state index contributed by atoms with van der Waals surface area (Å²) >= 11 is 0. The quantitative estimate of drug-likeness (QED) is 0.692. The minimum Gasteiger partial charge on any atom is -0.350 e. The van der Waals surface area contributed by atoms with Gasteiger partial charge in [0.05, 0.1) is 22.1 Å². The van der Waals surface area contributed by atoms with E-state index < -0.39 is 27.9 Å². The molecule has 3 amide bonds. The summed E-state index contributed by atoms with van der Waals surface area (Å²) in [5, 5.41) is 7.87. The van der Waals surface area contributed by atoms with Crippen LogP contribution >= 0.6 is 0 Å². The van der Waals surface area contributed by atoms with Crippen LogP contribution in [0.25, 0.3) is 0 Å². The molecule has 0 aliphatic carbocycles. The standard InChI is InChI=1S/C20H21N3O5S/c1-12-6-7-16-17(10-12)20(26)23(19(16)25)9-8-18(24)22-13(2)14-4-3-5-15(11-14)29(21,27)28/h3-7,10-11,13H,8-9H2,1-2H3,(H,22,24)(H2,21,27,28). The zero-order chi connectivity index (χ0) is 21.3. The molecule has 1 heterocycles. The number of nitrogens with zero attached hydrogens (tertiary/aromatic N) is 1. The smallest absolute Gasteiger partial charge is 0.261 e. The Labute approximate surface area is 168 Å². The molecule has 0 bridgehead atoms. The lowest BCUT2D eigenvalue weighted by Crippen LogP contribution is -2.35. The number of nitrogens with one attached hydrogen (secondary N) is 1.